The van der Waals surface area contributed by atoms with Gasteiger partial charge in [0.05, 0.1) is 24.9 Å². The second kappa shape index (κ2) is 9.02. The maximum absolute atomic E-state index is 12.8. The molecule has 0 fully saturated rings. The Hall–Kier alpha value is -3.66. The number of nitrogens with zero attached hydrogens (tertiary/aromatic N) is 1. The van der Waals surface area contributed by atoms with Gasteiger partial charge >= 0.3 is 0 Å². The number of rotatable bonds is 4. The molecule has 1 aromatic rings. The van der Waals surface area contributed by atoms with Crippen molar-refractivity contribution in [1.29, 1.82) is 0 Å². The molecule has 3 aliphatic rings. The predicted molar refractivity (Wildman–Crippen MR) is 118 cm³/mol. The summed E-state index contributed by atoms with van der Waals surface area (Å²) in [5, 5.41) is 3.07. The molecule has 144 valence electrons. The van der Waals surface area contributed by atoms with Crippen LogP contribution in [-0.2, 0) is 11.2 Å². The minimum Gasteiger partial charge on any atom is -0.477 e. The third kappa shape index (κ3) is 4.61. The molecule has 2 aliphatic carbocycles. The van der Waals surface area contributed by atoms with Gasteiger partial charge in [0, 0.05) is 17.5 Å². The van der Waals surface area contributed by atoms with Gasteiger partial charge in [-0.2, -0.15) is 0 Å². The lowest BCUT2D eigenvalue weighted by Crippen LogP contribution is -2.14. The number of carbonyl (C=O) groups excluding carboxylic acids is 1. The van der Waals surface area contributed by atoms with Crippen molar-refractivity contribution in [3.63, 3.8) is 0 Å². The minimum atomic E-state index is -0.0772. The lowest BCUT2D eigenvalue weighted by atomic mass is 9.96. The van der Waals surface area contributed by atoms with E-state index in [0.29, 0.717) is 24.6 Å². The zero-order chi connectivity index (χ0) is 19.9. The Kier molecular flexibility index (Phi) is 5.81. The van der Waals surface area contributed by atoms with Crippen LogP contribution in [0.15, 0.2) is 96.8 Å². The molecule has 4 rings (SSSR count). The zero-order valence-electron chi connectivity index (χ0n) is 16.0. The van der Waals surface area contributed by atoms with Crippen molar-refractivity contribution >= 4 is 17.2 Å². The van der Waals surface area contributed by atoms with Crippen molar-refractivity contribution in [2.24, 2.45) is 0 Å². The van der Waals surface area contributed by atoms with Gasteiger partial charge in [0.1, 0.15) is 0 Å². The van der Waals surface area contributed by atoms with Crippen LogP contribution in [0, 0.1) is 0 Å². The average Bonchev–Trinajstić information content (AvgIpc) is 3.13. The van der Waals surface area contributed by atoms with Gasteiger partial charge in [0.2, 0.25) is 11.8 Å². The highest BCUT2D eigenvalue weighted by atomic mass is 16.5. The molecule has 1 aromatic heterocycles. The molecule has 4 nitrogen and oxygen atoms in total. The Morgan fingerprint density at radius 2 is 1.66 bits per heavy atom. The Morgan fingerprint density at radius 3 is 2.52 bits per heavy atom. The fraction of sp³-hybridized carbons (Fsp3) is 0.120. The molecule has 0 aromatic carbocycles. The van der Waals surface area contributed by atoms with Crippen LogP contribution in [0.1, 0.15) is 17.5 Å². The van der Waals surface area contributed by atoms with Crippen LogP contribution in [0.3, 0.4) is 0 Å². The maximum atomic E-state index is 12.8. The Balaban J connectivity index is 1.63. The molecule has 4 heteroatoms. The van der Waals surface area contributed by atoms with Gasteiger partial charge in [-0.25, -0.2) is 4.98 Å². The number of nitrogens with one attached hydrogen (secondary N) is 1. The van der Waals surface area contributed by atoms with Crippen molar-refractivity contribution in [1.82, 2.24) is 4.98 Å². The van der Waals surface area contributed by atoms with Crippen LogP contribution in [0.4, 0.5) is 5.69 Å². The smallest absolute Gasteiger partial charge is 0.228 e. The zero-order valence-corrected chi connectivity index (χ0v) is 16.0. The maximum Gasteiger partial charge on any atom is 0.228 e. The summed E-state index contributed by atoms with van der Waals surface area (Å²) in [7, 11) is 0. The van der Waals surface area contributed by atoms with Crippen molar-refractivity contribution in [3.8, 4) is 5.88 Å². The summed E-state index contributed by atoms with van der Waals surface area (Å²) in [6.07, 6.45) is 30.4. The minimum absolute atomic E-state index is 0.0772. The third-order valence-electron chi connectivity index (χ3n) is 4.72. The number of carbonyl (C=O) groups is 1. The second-order valence-corrected chi connectivity index (χ2v) is 6.78. The molecule has 29 heavy (non-hydrogen) atoms. The first-order chi connectivity index (χ1) is 14.3. The molecule has 0 saturated heterocycles. The SMILES string of the molecule is O=C(CC1=CC=CC=CC=C1)Nc1cnc2c(c1C1=CC=CC=CC=C1)CCO2. The number of amides is 1. The molecule has 0 saturated carbocycles. The van der Waals surface area contributed by atoms with Crippen LogP contribution >= 0.6 is 0 Å². The summed E-state index contributed by atoms with van der Waals surface area (Å²) in [5.74, 6) is 0.572. The molecule has 1 amide bonds. The van der Waals surface area contributed by atoms with Gasteiger partial charge in [-0.15, -0.1) is 0 Å². The molecule has 1 N–H and O–H groups in total. The molecule has 0 bridgehead atoms. The van der Waals surface area contributed by atoms with Crippen molar-refractivity contribution in [3.05, 3.63) is 108 Å². The number of ether oxygens (including phenoxy) is 1. The topological polar surface area (TPSA) is 51.2 Å². The van der Waals surface area contributed by atoms with Gasteiger partial charge in [0.15, 0.2) is 0 Å². The Bertz CT molecular complexity index is 1050. The van der Waals surface area contributed by atoms with E-state index in [4.69, 9.17) is 4.74 Å². The molecule has 0 spiro atoms. The highest BCUT2D eigenvalue weighted by Gasteiger charge is 2.23. The summed E-state index contributed by atoms with van der Waals surface area (Å²) in [5.41, 5.74) is 4.68. The molecule has 0 unspecified atom stereocenters. The van der Waals surface area contributed by atoms with E-state index >= 15 is 0 Å². The highest BCUT2D eigenvalue weighted by molar-refractivity contribution is 5.97. The van der Waals surface area contributed by atoms with Crippen molar-refractivity contribution in [2.45, 2.75) is 12.8 Å². The van der Waals surface area contributed by atoms with E-state index in [1.54, 1.807) is 6.20 Å². The molecule has 0 atom stereocenters. The number of fused-ring (bicyclic) bond motifs is 1. The normalized spacial score (nSPS) is 16.8. The van der Waals surface area contributed by atoms with Crippen molar-refractivity contribution in [2.75, 3.05) is 11.9 Å². The van der Waals surface area contributed by atoms with Gasteiger partial charge in [-0.1, -0.05) is 85.1 Å². The van der Waals surface area contributed by atoms with E-state index in [2.05, 4.69) is 10.3 Å². The standard InChI is InChI=1S/C25H22N2O2/c28-23(17-19-11-7-3-1-4-8-12-19)27-22-18-26-25-21(15-16-29-25)24(22)20-13-9-5-2-6-10-14-20/h1-14,18H,15-17H2,(H,27,28). The van der Waals surface area contributed by atoms with Crippen LogP contribution in [0.25, 0.3) is 5.57 Å². The van der Waals surface area contributed by atoms with E-state index in [-0.39, 0.29) is 5.91 Å². The largest absolute Gasteiger partial charge is 0.477 e. The van der Waals surface area contributed by atoms with Crippen LogP contribution in [0.5, 0.6) is 5.88 Å². The van der Waals surface area contributed by atoms with Crippen LogP contribution in [0.2, 0.25) is 0 Å². The van der Waals surface area contributed by atoms with Crippen LogP contribution in [-0.4, -0.2) is 17.5 Å². The van der Waals surface area contributed by atoms with E-state index in [9.17, 15) is 4.79 Å². The molecule has 1 aliphatic heterocycles. The lowest BCUT2D eigenvalue weighted by Gasteiger charge is -2.15. The Labute approximate surface area is 170 Å². The quantitative estimate of drug-likeness (QED) is 0.796. The summed E-state index contributed by atoms with van der Waals surface area (Å²) in [6.45, 7) is 0.608. The van der Waals surface area contributed by atoms with Gasteiger partial charge in [-0.05, 0) is 11.1 Å². The molecule has 0 radical (unpaired) electrons. The lowest BCUT2D eigenvalue weighted by molar-refractivity contribution is -0.115. The first-order valence-corrected chi connectivity index (χ1v) is 9.68. The first-order valence-electron chi connectivity index (χ1n) is 9.68. The summed E-state index contributed by atoms with van der Waals surface area (Å²) in [6, 6.07) is 0. The van der Waals surface area contributed by atoms with Gasteiger partial charge in [0.25, 0.3) is 0 Å². The molecular weight excluding hydrogens is 360 g/mol. The Morgan fingerprint density at radius 1 is 0.931 bits per heavy atom. The summed E-state index contributed by atoms with van der Waals surface area (Å²) >= 11 is 0. The van der Waals surface area contributed by atoms with Crippen molar-refractivity contribution < 1.29 is 9.53 Å². The molecular formula is C25H22N2O2. The molecule has 2 heterocycles. The van der Waals surface area contributed by atoms with Gasteiger partial charge in [-0.3, -0.25) is 4.79 Å². The number of hydrogen-bond donors (Lipinski definition) is 1. The van der Waals surface area contributed by atoms with E-state index in [1.165, 1.54) is 0 Å². The average molecular weight is 382 g/mol. The number of pyridine rings is 1. The monoisotopic (exact) mass is 382 g/mol. The van der Waals surface area contributed by atoms with E-state index < -0.39 is 0 Å². The number of allylic oxidation sites excluding steroid dienone is 15. The number of hydrogen-bond acceptors (Lipinski definition) is 3. The predicted octanol–water partition coefficient (Wildman–Crippen LogP) is 5.02. The fourth-order valence-corrected chi connectivity index (χ4v) is 3.40. The second-order valence-electron chi connectivity index (χ2n) is 6.78. The first kappa shape index (κ1) is 18.7. The van der Waals surface area contributed by atoms with E-state index in [1.807, 2.05) is 85.1 Å². The van der Waals surface area contributed by atoms with E-state index in [0.717, 1.165) is 28.7 Å². The van der Waals surface area contributed by atoms with Crippen LogP contribution < -0.4 is 10.1 Å². The third-order valence-corrected chi connectivity index (χ3v) is 4.72. The van der Waals surface area contributed by atoms with Gasteiger partial charge < -0.3 is 10.1 Å². The summed E-state index contributed by atoms with van der Waals surface area (Å²) < 4.78 is 5.65. The number of anilines is 1. The number of aromatic nitrogens is 1. The fourth-order valence-electron chi connectivity index (χ4n) is 3.40. The highest BCUT2D eigenvalue weighted by Crippen LogP contribution is 2.36. The summed E-state index contributed by atoms with van der Waals surface area (Å²) in [4.78, 5) is 17.2.